The van der Waals surface area contributed by atoms with Crippen LogP contribution in [0.1, 0.15) is 23.8 Å². The van der Waals surface area contributed by atoms with E-state index in [1.54, 1.807) is 24.7 Å². The Hall–Kier alpha value is -1.69. The Kier molecular flexibility index (Phi) is 3.80. The molecule has 1 N–H and O–H groups in total. The lowest BCUT2D eigenvalue weighted by Crippen LogP contribution is -2.33. The molecular weight excluding hydrogens is 284 g/mol. The van der Waals surface area contributed by atoms with Crippen molar-refractivity contribution in [1.29, 1.82) is 0 Å². The quantitative estimate of drug-likeness (QED) is 0.942. The molecule has 2 aromatic heterocycles. The molecule has 3 rings (SSSR count). The number of amides is 1. The molecule has 0 fully saturated rings. The van der Waals surface area contributed by atoms with Gasteiger partial charge in [0.25, 0.3) is 0 Å². The Labute approximate surface area is 128 Å². The first-order valence-electron chi connectivity index (χ1n) is 7.27. The van der Waals surface area contributed by atoms with Gasteiger partial charge in [-0.3, -0.25) is 4.79 Å². The maximum Gasteiger partial charge on any atom is 0.239 e. The molecule has 0 aromatic carbocycles. The Balaban J connectivity index is 2.05. The smallest absolute Gasteiger partial charge is 0.239 e. The lowest BCUT2D eigenvalue weighted by Gasteiger charge is -2.21. The van der Waals surface area contributed by atoms with E-state index < -0.39 is 0 Å². The zero-order valence-corrected chi connectivity index (χ0v) is 13.5. The molecule has 0 radical (unpaired) electrons. The summed E-state index contributed by atoms with van der Waals surface area (Å²) in [4.78, 5) is 24.9. The molecule has 0 spiro atoms. The number of likely N-dealkylation sites (N-methyl/N-ethyl adjacent to an activating group) is 2. The van der Waals surface area contributed by atoms with Crippen molar-refractivity contribution in [3.63, 3.8) is 0 Å². The number of fused-ring (bicyclic) bond motifs is 3. The number of anilines is 1. The predicted octanol–water partition coefficient (Wildman–Crippen LogP) is 2.00. The molecule has 2 aromatic rings. The van der Waals surface area contributed by atoms with Gasteiger partial charge >= 0.3 is 0 Å². The van der Waals surface area contributed by atoms with E-state index in [0.29, 0.717) is 6.54 Å². The minimum atomic E-state index is -0.0121. The summed E-state index contributed by atoms with van der Waals surface area (Å²) in [5.74, 6) is 1.60. The molecule has 1 aliphatic rings. The molecule has 1 aliphatic carbocycles. The number of aryl methyl sites for hydroxylation is 1. The van der Waals surface area contributed by atoms with Gasteiger partial charge in [-0.25, -0.2) is 9.97 Å². The normalized spacial score (nSPS) is 17.6. The summed E-state index contributed by atoms with van der Waals surface area (Å²) < 4.78 is 0. The zero-order valence-electron chi connectivity index (χ0n) is 12.6. The van der Waals surface area contributed by atoms with Gasteiger partial charge in [0.05, 0.1) is 11.9 Å². The Morgan fingerprint density at radius 2 is 2.33 bits per heavy atom. The average molecular weight is 304 g/mol. The number of rotatable bonds is 3. The van der Waals surface area contributed by atoms with Crippen LogP contribution in [0.4, 0.5) is 5.82 Å². The van der Waals surface area contributed by atoms with Gasteiger partial charge < -0.3 is 10.2 Å². The predicted molar refractivity (Wildman–Crippen MR) is 85.9 cm³/mol. The van der Waals surface area contributed by atoms with Crippen LogP contribution in [0.25, 0.3) is 10.2 Å². The minimum Gasteiger partial charge on any atom is -0.358 e. The van der Waals surface area contributed by atoms with Gasteiger partial charge in [0.15, 0.2) is 0 Å². The van der Waals surface area contributed by atoms with Gasteiger partial charge in [0.1, 0.15) is 17.0 Å². The highest BCUT2D eigenvalue weighted by Gasteiger charge is 2.24. The summed E-state index contributed by atoms with van der Waals surface area (Å²) in [6, 6.07) is 0. The van der Waals surface area contributed by atoms with E-state index in [1.165, 1.54) is 16.9 Å². The number of hydrogen-bond acceptors (Lipinski definition) is 5. The Bertz CT molecular complexity index is 682. The van der Waals surface area contributed by atoms with E-state index in [1.807, 2.05) is 11.9 Å². The first kappa shape index (κ1) is 14.3. The molecule has 0 saturated carbocycles. The van der Waals surface area contributed by atoms with E-state index in [2.05, 4.69) is 22.2 Å². The van der Waals surface area contributed by atoms with E-state index in [-0.39, 0.29) is 5.91 Å². The van der Waals surface area contributed by atoms with E-state index in [0.717, 1.165) is 34.8 Å². The van der Waals surface area contributed by atoms with Gasteiger partial charge in [-0.1, -0.05) is 6.92 Å². The van der Waals surface area contributed by atoms with Crippen molar-refractivity contribution in [3.8, 4) is 0 Å². The van der Waals surface area contributed by atoms with Crippen LogP contribution in [0.2, 0.25) is 0 Å². The van der Waals surface area contributed by atoms with Gasteiger partial charge in [-0.2, -0.15) is 0 Å². The number of nitrogens with zero attached hydrogens (tertiary/aromatic N) is 3. The highest BCUT2D eigenvalue weighted by Crippen LogP contribution is 2.40. The third-order valence-corrected chi connectivity index (χ3v) is 5.26. The Morgan fingerprint density at radius 3 is 3.10 bits per heavy atom. The Morgan fingerprint density at radius 1 is 1.52 bits per heavy atom. The van der Waals surface area contributed by atoms with E-state index in [4.69, 9.17) is 0 Å². The van der Waals surface area contributed by atoms with Crippen molar-refractivity contribution < 1.29 is 4.79 Å². The molecule has 0 bridgehead atoms. The van der Waals surface area contributed by atoms with Crippen LogP contribution in [0.5, 0.6) is 0 Å². The number of thiophene rings is 1. The van der Waals surface area contributed by atoms with Gasteiger partial charge in [-0.15, -0.1) is 11.3 Å². The van der Waals surface area contributed by atoms with Gasteiger partial charge in [0, 0.05) is 19.0 Å². The van der Waals surface area contributed by atoms with E-state index >= 15 is 0 Å². The third kappa shape index (κ3) is 2.60. The van der Waals surface area contributed by atoms with Crippen molar-refractivity contribution in [2.75, 3.05) is 25.5 Å². The highest BCUT2D eigenvalue weighted by atomic mass is 32.1. The molecule has 21 heavy (non-hydrogen) atoms. The molecule has 1 unspecified atom stereocenters. The van der Waals surface area contributed by atoms with Crippen molar-refractivity contribution in [2.24, 2.45) is 5.92 Å². The number of carbonyl (C=O) groups excluding carboxylic acids is 1. The average Bonchev–Trinajstić information content (AvgIpc) is 2.83. The third-order valence-electron chi connectivity index (χ3n) is 4.09. The number of carbonyl (C=O) groups is 1. The van der Waals surface area contributed by atoms with Crippen LogP contribution >= 0.6 is 11.3 Å². The molecule has 112 valence electrons. The lowest BCUT2D eigenvalue weighted by molar-refractivity contribution is -0.119. The highest BCUT2D eigenvalue weighted by molar-refractivity contribution is 7.19. The molecule has 0 aliphatic heterocycles. The van der Waals surface area contributed by atoms with Gasteiger partial charge in [0.2, 0.25) is 5.91 Å². The maximum atomic E-state index is 11.6. The van der Waals surface area contributed by atoms with Crippen molar-refractivity contribution >= 4 is 33.3 Å². The van der Waals surface area contributed by atoms with Crippen LogP contribution in [0.15, 0.2) is 6.33 Å². The molecule has 6 heteroatoms. The monoisotopic (exact) mass is 304 g/mol. The second-order valence-electron chi connectivity index (χ2n) is 5.76. The van der Waals surface area contributed by atoms with Crippen LogP contribution in [-0.2, 0) is 17.6 Å². The summed E-state index contributed by atoms with van der Waals surface area (Å²) in [5.41, 5.74) is 1.40. The van der Waals surface area contributed by atoms with Crippen LogP contribution in [0.3, 0.4) is 0 Å². The molecule has 5 nitrogen and oxygen atoms in total. The topological polar surface area (TPSA) is 58.1 Å². The summed E-state index contributed by atoms with van der Waals surface area (Å²) in [5, 5.41) is 3.80. The summed E-state index contributed by atoms with van der Waals surface area (Å²) in [6.07, 6.45) is 5.04. The standard InChI is InChI=1S/C15H20N4OS/c1-9-4-5-10-11(6-9)21-15-13(10)14(17-8-18-15)19(3)7-12(20)16-2/h8-9H,4-7H2,1-3H3,(H,16,20). The summed E-state index contributed by atoms with van der Waals surface area (Å²) >= 11 is 1.78. The largest absolute Gasteiger partial charge is 0.358 e. The molecule has 0 saturated heterocycles. The second kappa shape index (κ2) is 5.60. The van der Waals surface area contributed by atoms with Gasteiger partial charge in [-0.05, 0) is 30.7 Å². The fraction of sp³-hybridized carbons (Fsp3) is 0.533. The lowest BCUT2D eigenvalue weighted by atomic mass is 9.89. The SMILES string of the molecule is CNC(=O)CN(C)c1ncnc2sc3c(c12)CCC(C)C3. The maximum absolute atomic E-state index is 11.6. The van der Waals surface area contributed by atoms with Crippen LogP contribution in [0, 0.1) is 5.92 Å². The second-order valence-corrected chi connectivity index (χ2v) is 6.84. The van der Waals surface area contributed by atoms with Crippen molar-refractivity contribution in [3.05, 3.63) is 16.8 Å². The van der Waals surface area contributed by atoms with E-state index in [9.17, 15) is 4.79 Å². The molecule has 1 atom stereocenters. The summed E-state index contributed by atoms with van der Waals surface area (Å²) in [6.45, 7) is 2.61. The first-order valence-corrected chi connectivity index (χ1v) is 8.08. The van der Waals surface area contributed by atoms with Crippen LogP contribution in [-0.4, -0.2) is 36.5 Å². The van der Waals surface area contributed by atoms with Crippen LogP contribution < -0.4 is 10.2 Å². The summed E-state index contributed by atoms with van der Waals surface area (Å²) in [7, 11) is 3.56. The zero-order chi connectivity index (χ0) is 15.0. The fourth-order valence-electron chi connectivity index (χ4n) is 2.92. The fourth-order valence-corrected chi connectivity index (χ4v) is 4.26. The molecule has 1 amide bonds. The number of aromatic nitrogens is 2. The number of hydrogen-bond donors (Lipinski definition) is 1. The molecule has 2 heterocycles. The molecular formula is C15H20N4OS. The first-order chi connectivity index (χ1) is 10.1. The van der Waals surface area contributed by atoms with Crippen molar-refractivity contribution in [1.82, 2.24) is 15.3 Å². The minimum absolute atomic E-state index is 0.0121. The van der Waals surface area contributed by atoms with Crippen molar-refractivity contribution in [2.45, 2.75) is 26.2 Å². The number of nitrogens with one attached hydrogen (secondary N) is 1.